The van der Waals surface area contributed by atoms with Crippen LogP contribution in [0.1, 0.15) is 36.0 Å². The molecule has 0 spiro atoms. The van der Waals surface area contributed by atoms with Gasteiger partial charge in [0.2, 0.25) is 0 Å². The van der Waals surface area contributed by atoms with Crippen LogP contribution in [0.3, 0.4) is 0 Å². The summed E-state index contributed by atoms with van der Waals surface area (Å²) < 4.78 is 2.26. The Labute approximate surface area is 164 Å². The lowest BCUT2D eigenvalue weighted by atomic mass is 9.85. The number of para-hydroxylation sites is 2. The first kappa shape index (κ1) is 16.4. The van der Waals surface area contributed by atoms with Gasteiger partial charge in [-0.25, -0.2) is 4.98 Å². The zero-order valence-electron chi connectivity index (χ0n) is 15.9. The molecular weight excluding hydrogens is 348 g/mol. The highest BCUT2D eigenvalue weighted by Gasteiger charge is 2.43. The van der Waals surface area contributed by atoms with Gasteiger partial charge in [0.1, 0.15) is 11.9 Å². The smallest absolute Gasteiger partial charge is 0.157 e. The van der Waals surface area contributed by atoms with Gasteiger partial charge in [0.05, 0.1) is 16.6 Å². The molecule has 2 aliphatic carbocycles. The molecule has 1 aliphatic heterocycles. The normalized spacial score (nSPS) is 26.1. The molecule has 1 saturated carbocycles. The largest absolute Gasteiger partial charge is 0.396 e. The number of piperidine rings is 1. The number of aliphatic hydroxyl groups excluding tert-OH is 1. The number of hydrogen-bond acceptors (Lipinski definition) is 4. The molecule has 3 atom stereocenters. The maximum atomic E-state index is 9.94. The third-order valence-corrected chi connectivity index (χ3v) is 7.44. The quantitative estimate of drug-likeness (QED) is 0.750. The minimum atomic E-state index is 0.318. The molecule has 5 nitrogen and oxygen atoms in total. The molecule has 5 heteroatoms. The Morgan fingerprint density at radius 2 is 1.86 bits per heavy atom. The van der Waals surface area contributed by atoms with E-state index in [0.29, 0.717) is 24.4 Å². The fraction of sp³-hybridized carbons (Fsp3) is 0.478. The Morgan fingerprint density at radius 3 is 2.61 bits per heavy atom. The molecule has 28 heavy (non-hydrogen) atoms. The van der Waals surface area contributed by atoms with Crippen molar-refractivity contribution in [3.8, 4) is 6.07 Å². The highest BCUT2D eigenvalue weighted by atomic mass is 16.3. The summed E-state index contributed by atoms with van der Waals surface area (Å²) in [4.78, 5) is 7.43. The second-order valence-corrected chi connectivity index (χ2v) is 8.73. The highest BCUT2D eigenvalue weighted by Crippen LogP contribution is 2.45. The SMILES string of the molecule is N#Cc1c2c(c(N3C[C@H]4CC[C@@H](C3)C4CO)n3c1nc1ccccc13)CCC2. The lowest BCUT2D eigenvalue weighted by Crippen LogP contribution is -2.44. The molecule has 2 fully saturated rings. The number of aromatic nitrogens is 2. The minimum Gasteiger partial charge on any atom is -0.396 e. The maximum Gasteiger partial charge on any atom is 0.157 e. The van der Waals surface area contributed by atoms with Crippen LogP contribution in [0.25, 0.3) is 16.7 Å². The zero-order valence-corrected chi connectivity index (χ0v) is 15.9. The topological polar surface area (TPSA) is 64.6 Å². The molecular formula is C23H24N4O. The molecule has 3 aromatic rings. The van der Waals surface area contributed by atoms with Crippen molar-refractivity contribution < 1.29 is 5.11 Å². The van der Waals surface area contributed by atoms with Gasteiger partial charge in [-0.2, -0.15) is 5.26 Å². The summed E-state index contributed by atoms with van der Waals surface area (Å²) in [5.74, 6) is 2.86. The van der Waals surface area contributed by atoms with Crippen LogP contribution in [0.15, 0.2) is 24.3 Å². The van der Waals surface area contributed by atoms with Crippen molar-refractivity contribution in [3.63, 3.8) is 0 Å². The first-order chi connectivity index (χ1) is 13.8. The van der Waals surface area contributed by atoms with Crippen molar-refractivity contribution in [1.29, 1.82) is 5.26 Å². The van der Waals surface area contributed by atoms with E-state index in [0.717, 1.165) is 54.6 Å². The number of nitriles is 1. The van der Waals surface area contributed by atoms with E-state index in [2.05, 4.69) is 27.5 Å². The predicted octanol–water partition coefficient (Wildman–Crippen LogP) is 3.30. The standard InChI is InChI=1S/C23H24N4O/c24-10-18-16-4-3-5-17(16)23(26-11-14-8-9-15(12-26)19(14)13-28)27-21-7-2-1-6-20(21)25-22(18)27/h1-2,6-7,14-15,19,28H,3-5,8-9,11-13H2/t14-,15+,19?. The van der Waals surface area contributed by atoms with E-state index < -0.39 is 0 Å². The second kappa shape index (κ2) is 5.96. The van der Waals surface area contributed by atoms with Gasteiger partial charge in [-0.05, 0) is 73.1 Å². The number of aliphatic hydroxyl groups is 1. The van der Waals surface area contributed by atoms with E-state index in [-0.39, 0.29) is 0 Å². The van der Waals surface area contributed by atoms with E-state index in [1.165, 1.54) is 29.8 Å². The first-order valence-corrected chi connectivity index (χ1v) is 10.5. The number of pyridine rings is 1. The predicted molar refractivity (Wildman–Crippen MR) is 108 cm³/mol. The fourth-order valence-corrected chi connectivity index (χ4v) is 6.20. The summed E-state index contributed by atoms with van der Waals surface area (Å²) >= 11 is 0. The molecule has 2 aromatic heterocycles. The van der Waals surface area contributed by atoms with E-state index >= 15 is 0 Å². The van der Waals surface area contributed by atoms with E-state index in [1.807, 2.05) is 12.1 Å². The van der Waals surface area contributed by atoms with E-state index in [1.54, 1.807) is 0 Å². The van der Waals surface area contributed by atoms with Crippen LogP contribution in [0.2, 0.25) is 0 Å². The lowest BCUT2D eigenvalue weighted by Gasteiger charge is -2.39. The van der Waals surface area contributed by atoms with Crippen molar-refractivity contribution in [1.82, 2.24) is 9.38 Å². The summed E-state index contributed by atoms with van der Waals surface area (Å²) in [5, 5.41) is 19.8. The Bertz CT molecular complexity index is 1130. The average Bonchev–Trinajstić information content (AvgIpc) is 3.40. The number of nitrogens with zero attached hydrogens (tertiary/aromatic N) is 4. The van der Waals surface area contributed by atoms with Gasteiger partial charge in [-0.1, -0.05) is 12.1 Å². The molecule has 142 valence electrons. The van der Waals surface area contributed by atoms with Crippen LogP contribution in [-0.4, -0.2) is 34.2 Å². The molecule has 6 rings (SSSR count). The molecule has 1 unspecified atom stereocenters. The van der Waals surface area contributed by atoms with Crippen LogP contribution in [0, 0.1) is 29.1 Å². The molecule has 0 amide bonds. The van der Waals surface area contributed by atoms with Gasteiger partial charge in [-0.3, -0.25) is 4.40 Å². The van der Waals surface area contributed by atoms with Crippen molar-refractivity contribution >= 4 is 22.5 Å². The maximum absolute atomic E-state index is 9.94. The molecule has 2 bridgehead atoms. The van der Waals surface area contributed by atoms with E-state index in [4.69, 9.17) is 4.98 Å². The number of imidazole rings is 1. The molecule has 1 N–H and O–H groups in total. The third-order valence-electron chi connectivity index (χ3n) is 7.44. The number of hydrogen-bond donors (Lipinski definition) is 1. The van der Waals surface area contributed by atoms with Crippen LogP contribution >= 0.6 is 0 Å². The Hall–Kier alpha value is -2.58. The number of benzene rings is 1. The summed E-state index contributed by atoms with van der Waals surface area (Å²) in [5.41, 5.74) is 6.20. The highest BCUT2D eigenvalue weighted by molar-refractivity contribution is 5.86. The van der Waals surface area contributed by atoms with Gasteiger partial charge in [0.25, 0.3) is 0 Å². The Kier molecular flexibility index (Phi) is 3.48. The Morgan fingerprint density at radius 1 is 1.11 bits per heavy atom. The van der Waals surface area contributed by atoms with Crippen LogP contribution in [0.5, 0.6) is 0 Å². The number of rotatable bonds is 2. The number of anilines is 1. The van der Waals surface area contributed by atoms with Gasteiger partial charge in [-0.15, -0.1) is 0 Å². The fourth-order valence-electron chi connectivity index (χ4n) is 6.20. The van der Waals surface area contributed by atoms with Crippen LogP contribution in [-0.2, 0) is 12.8 Å². The van der Waals surface area contributed by atoms with Crippen LogP contribution in [0.4, 0.5) is 5.82 Å². The summed E-state index contributed by atoms with van der Waals surface area (Å²) in [6, 6.07) is 10.7. The van der Waals surface area contributed by atoms with Gasteiger partial charge >= 0.3 is 0 Å². The molecule has 1 aromatic carbocycles. The number of fused-ring (bicyclic) bond motifs is 6. The van der Waals surface area contributed by atoms with Gasteiger partial charge in [0.15, 0.2) is 5.65 Å². The minimum absolute atomic E-state index is 0.318. The summed E-state index contributed by atoms with van der Waals surface area (Å²) in [6.07, 6.45) is 5.57. The summed E-state index contributed by atoms with van der Waals surface area (Å²) in [7, 11) is 0. The van der Waals surface area contributed by atoms with Crippen molar-refractivity contribution in [2.24, 2.45) is 17.8 Å². The zero-order chi connectivity index (χ0) is 18.8. The van der Waals surface area contributed by atoms with E-state index in [9.17, 15) is 10.4 Å². The first-order valence-electron chi connectivity index (χ1n) is 10.5. The molecule has 0 radical (unpaired) electrons. The third kappa shape index (κ3) is 2.07. The second-order valence-electron chi connectivity index (χ2n) is 8.73. The molecule has 3 aliphatic rings. The van der Waals surface area contributed by atoms with Gasteiger partial charge in [0, 0.05) is 19.7 Å². The van der Waals surface area contributed by atoms with Crippen LogP contribution < -0.4 is 4.90 Å². The van der Waals surface area contributed by atoms with Crippen molar-refractivity contribution in [2.75, 3.05) is 24.6 Å². The lowest BCUT2D eigenvalue weighted by molar-refractivity contribution is 0.146. The molecule has 3 heterocycles. The Balaban J connectivity index is 1.63. The van der Waals surface area contributed by atoms with Gasteiger partial charge < -0.3 is 10.0 Å². The van der Waals surface area contributed by atoms with Crippen molar-refractivity contribution in [3.05, 3.63) is 41.0 Å². The summed E-state index contributed by atoms with van der Waals surface area (Å²) in [6.45, 7) is 2.32. The monoisotopic (exact) mass is 372 g/mol. The average molecular weight is 372 g/mol. The van der Waals surface area contributed by atoms with Crippen molar-refractivity contribution in [2.45, 2.75) is 32.1 Å². The molecule has 1 saturated heterocycles.